The van der Waals surface area contributed by atoms with E-state index in [1.165, 1.54) is 17.2 Å². The number of halogens is 2. The average Bonchev–Trinajstić information content (AvgIpc) is 2.73. The fourth-order valence-electron chi connectivity index (χ4n) is 3.71. The molecule has 1 aliphatic rings. The highest BCUT2D eigenvalue weighted by Crippen LogP contribution is 2.16. The second-order valence-corrected chi connectivity index (χ2v) is 7.58. The van der Waals surface area contributed by atoms with E-state index in [1.54, 1.807) is 13.1 Å². The Bertz CT molecular complexity index is 829. The molecule has 1 aliphatic heterocycles. The monoisotopic (exact) mass is 400 g/mol. The van der Waals surface area contributed by atoms with Crippen LogP contribution in [0.3, 0.4) is 0 Å². The van der Waals surface area contributed by atoms with Crippen LogP contribution >= 0.6 is 0 Å². The van der Waals surface area contributed by atoms with Gasteiger partial charge >= 0.3 is 0 Å². The van der Waals surface area contributed by atoms with E-state index >= 15 is 0 Å². The molecule has 6 heteroatoms. The summed E-state index contributed by atoms with van der Waals surface area (Å²) in [5, 5.41) is 6.66. The van der Waals surface area contributed by atoms with Crippen LogP contribution in [0.5, 0.6) is 0 Å². The Kier molecular flexibility index (Phi) is 7.58. The lowest BCUT2D eigenvalue weighted by atomic mass is 10.0. The predicted molar refractivity (Wildman–Crippen MR) is 114 cm³/mol. The number of hydrogen-bond acceptors (Lipinski definition) is 2. The first-order valence-corrected chi connectivity index (χ1v) is 10.2. The van der Waals surface area contributed by atoms with Gasteiger partial charge in [-0.1, -0.05) is 36.4 Å². The zero-order valence-electron chi connectivity index (χ0n) is 17.2. The van der Waals surface area contributed by atoms with E-state index in [-0.39, 0.29) is 0 Å². The zero-order chi connectivity index (χ0) is 20.6. The van der Waals surface area contributed by atoms with Crippen LogP contribution < -0.4 is 10.6 Å². The van der Waals surface area contributed by atoms with Crippen LogP contribution in [0.25, 0.3) is 0 Å². The maximum Gasteiger partial charge on any atom is 0.191 e. The summed E-state index contributed by atoms with van der Waals surface area (Å²) in [6.07, 6.45) is 2.50. The van der Waals surface area contributed by atoms with Crippen LogP contribution in [-0.4, -0.2) is 43.6 Å². The summed E-state index contributed by atoms with van der Waals surface area (Å²) in [5.41, 5.74) is 3.10. The van der Waals surface area contributed by atoms with E-state index < -0.39 is 11.6 Å². The van der Waals surface area contributed by atoms with Crippen molar-refractivity contribution < 1.29 is 8.78 Å². The van der Waals surface area contributed by atoms with Crippen molar-refractivity contribution in [3.05, 3.63) is 70.8 Å². The van der Waals surface area contributed by atoms with Gasteiger partial charge in [-0.3, -0.25) is 9.89 Å². The second kappa shape index (κ2) is 10.3. The molecular weight excluding hydrogens is 370 g/mol. The molecule has 0 saturated carbocycles. The van der Waals surface area contributed by atoms with E-state index in [0.29, 0.717) is 30.5 Å². The third-order valence-electron chi connectivity index (χ3n) is 5.53. The van der Waals surface area contributed by atoms with E-state index in [9.17, 15) is 8.78 Å². The van der Waals surface area contributed by atoms with Crippen molar-refractivity contribution >= 4 is 5.96 Å². The number of likely N-dealkylation sites (tertiary alicyclic amines) is 1. The number of aryl methyl sites for hydroxylation is 1. The van der Waals surface area contributed by atoms with Gasteiger partial charge in [-0.2, -0.15) is 0 Å². The van der Waals surface area contributed by atoms with Crippen molar-refractivity contribution in [2.45, 2.75) is 38.8 Å². The van der Waals surface area contributed by atoms with Gasteiger partial charge in [-0.05, 0) is 48.9 Å². The van der Waals surface area contributed by atoms with Crippen molar-refractivity contribution in [1.29, 1.82) is 0 Å². The Balaban J connectivity index is 1.41. The molecule has 0 bridgehead atoms. The van der Waals surface area contributed by atoms with Crippen LogP contribution in [0, 0.1) is 18.6 Å². The lowest BCUT2D eigenvalue weighted by Crippen LogP contribution is -2.48. The molecule has 1 heterocycles. The number of nitrogens with zero attached hydrogens (tertiary/aromatic N) is 2. The summed E-state index contributed by atoms with van der Waals surface area (Å²) in [6.45, 7) is 5.72. The summed E-state index contributed by atoms with van der Waals surface area (Å²) >= 11 is 0. The smallest absolute Gasteiger partial charge is 0.191 e. The molecule has 0 spiro atoms. The summed E-state index contributed by atoms with van der Waals surface area (Å²) in [5.74, 6) is -0.861. The molecule has 1 saturated heterocycles. The van der Waals surface area contributed by atoms with Gasteiger partial charge in [-0.15, -0.1) is 0 Å². The Labute approximate surface area is 172 Å². The van der Waals surface area contributed by atoms with E-state index in [2.05, 4.69) is 51.7 Å². The fraction of sp³-hybridized carbons (Fsp3) is 0.435. The van der Waals surface area contributed by atoms with Gasteiger partial charge in [0.2, 0.25) is 0 Å². The van der Waals surface area contributed by atoms with Crippen molar-refractivity contribution in [1.82, 2.24) is 15.5 Å². The van der Waals surface area contributed by atoms with Crippen LogP contribution in [0.2, 0.25) is 0 Å². The molecular formula is C23H30F2N4. The highest BCUT2D eigenvalue weighted by atomic mass is 19.2. The second-order valence-electron chi connectivity index (χ2n) is 7.58. The van der Waals surface area contributed by atoms with Gasteiger partial charge in [0.15, 0.2) is 17.6 Å². The summed E-state index contributed by atoms with van der Waals surface area (Å²) in [7, 11) is 1.73. The van der Waals surface area contributed by atoms with Gasteiger partial charge in [-0.25, -0.2) is 8.78 Å². The number of aliphatic imine (C=N–C) groups is 1. The van der Waals surface area contributed by atoms with Gasteiger partial charge < -0.3 is 10.6 Å². The fourth-order valence-corrected chi connectivity index (χ4v) is 3.71. The predicted octanol–water partition coefficient (Wildman–Crippen LogP) is 3.65. The number of benzene rings is 2. The third-order valence-corrected chi connectivity index (χ3v) is 5.53. The molecule has 29 heavy (non-hydrogen) atoms. The van der Waals surface area contributed by atoms with E-state index in [4.69, 9.17) is 0 Å². The van der Waals surface area contributed by atoms with E-state index in [1.807, 2.05) is 0 Å². The maximum atomic E-state index is 13.7. The van der Waals surface area contributed by atoms with Gasteiger partial charge in [0.25, 0.3) is 0 Å². The van der Waals surface area contributed by atoms with Crippen molar-refractivity contribution in [3.63, 3.8) is 0 Å². The maximum absolute atomic E-state index is 13.7. The van der Waals surface area contributed by atoms with Crippen molar-refractivity contribution in [3.8, 4) is 0 Å². The first-order chi connectivity index (χ1) is 14.1. The Morgan fingerprint density at radius 2 is 1.79 bits per heavy atom. The third kappa shape index (κ3) is 6.00. The standard InChI is InChI=1S/C23H30F2N4/c1-17-6-3-4-7-19(17)16-29-14-11-20(12-15-29)28-23(26-2)27-13-10-18-8-5-9-21(24)22(18)25/h3-9,20H,10-16H2,1-2H3,(H2,26,27,28). The molecule has 0 radical (unpaired) electrons. The highest BCUT2D eigenvalue weighted by Gasteiger charge is 2.20. The molecule has 2 N–H and O–H groups in total. The molecule has 2 aromatic carbocycles. The van der Waals surface area contributed by atoms with Crippen molar-refractivity contribution in [2.75, 3.05) is 26.7 Å². The van der Waals surface area contributed by atoms with Gasteiger partial charge in [0.05, 0.1) is 0 Å². The minimum absolute atomic E-state index is 0.361. The van der Waals surface area contributed by atoms with Crippen LogP contribution in [0.4, 0.5) is 8.78 Å². The molecule has 1 fully saturated rings. The number of guanidine groups is 1. The Morgan fingerprint density at radius 3 is 2.52 bits per heavy atom. The van der Waals surface area contributed by atoms with Crippen LogP contribution in [0.1, 0.15) is 29.5 Å². The normalized spacial score (nSPS) is 16.1. The minimum atomic E-state index is -0.803. The summed E-state index contributed by atoms with van der Waals surface area (Å²) < 4.78 is 27.0. The van der Waals surface area contributed by atoms with E-state index in [0.717, 1.165) is 38.5 Å². The number of hydrogen-bond donors (Lipinski definition) is 2. The number of piperidine rings is 1. The SMILES string of the molecule is CN=C(NCCc1cccc(F)c1F)NC1CCN(Cc2ccccc2C)CC1. The Morgan fingerprint density at radius 1 is 1.07 bits per heavy atom. The van der Waals surface area contributed by atoms with Crippen molar-refractivity contribution in [2.24, 2.45) is 4.99 Å². The average molecular weight is 401 g/mol. The van der Waals surface area contributed by atoms with Gasteiger partial charge in [0.1, 0.15) is 0 Å². The molecule has 0 aromatic heterocycles. The zero-order valence-corrected chi connectivity index (χ0v) is 17.2. The number of rotatable bonds is 6. The topological polar surface area (TPSA) is 39.7 Å². The summed E-state index contributed by atoms with van der Waals surface area (Å²) in [4.78, 5) is 6.75. The molecule has 0 amide bonds. The first-order valence-electron chi connectivity index (χ1n) is 10.2. The van der Waals surface area contributed by atoms with Crippen LogP contribution in [-0.2, 0) is 13.0 Å². The molecule has 2 aromatic rings. The molecule has 3 rings (SSSR count). The Hall–Kier alpha value is -2.47. The van der Waals surface area contributed by atoms with Crippen LogP contribution in [0.15, 0.2) is 47.5 Å². The largest absolute Gasteiger partial charge is 0.356 e. The summed E-state index contributed by atoms with van der Waals surface area (Å²) in [6, 6.07) is 13.2. The molecule has 156 valence electrons. The lowest BCUT2D eigenvalue weighted by molar-refractivity contribution is 0.198. The molecule has 0 atom stereocenters. The molecule has 4 nitrogen and oxygen atoms in total. The number of nitrogens with one attached hydrogen (secondary N) is 2. The molecule has 0 aliphatic carbocycles. The lowest BCUT2D eigenvalue weighted by Gasteiger charge is -2.33. The first kappa shape index (κ1) is 21.2. The minimum Gasteiger partial charge on any atom is -0.356 e. The molecule has 0 unspecified atom stereocenters. The highest BCUT2D eigenvalue weighted by molar-refractivity contribution is 5.79. The van der Waals surface area contributed by atoms with Gasteiger partial charge in [0, 0.05) is 39.3 Å². The quantitative estimate of drug-likeness (QED) is 0.574.